The minimum atomic E-state index is -1.17. The van der Waals surface area contributed by atoms with Crippen molar-refractivity contribution >= 4 is 18.0 Å². The van der Waals surface area contributed by atoms with Crippen LogP contribution >= 0.6 is 0 Å². The fourth-order valence-corrected chi connectivity index (χ4v) is 4.41. The zero-order valence-electron chi connectivity index (χ0n) is 16.9. The Morgan fingerprint density at radius 1 is 0.968 bits per heavy atom. The molecule has 0 radical (unpaired) electrons. The first kappa shape index (κ1) is 20.9. The molecule has 2 atom stereocenters. The number of carbonyl (C=O) groups is 3. The Morgan fingerprint density at radius 2 is 1.61 bits per heavy atom. The van der Waals surface area contributed by atoms with Gasteiger partial charge in [-0.1, -0.05) is 48.5 Å². The lowest BCUT2D eigenvalue weighted by atomic mass is 9.98. The fourth-order valence-electron chi connectivity index (χ4n) is 4.41. The van der Waals surface area contributed by atoms with E-state index in [1.165, 1.54) is 11.1 Å². The van der Waals surface area contributed by atoms with Gasteiger partial charge in [-0.05, 0) is 41.5 Å². The third kappa shape index (κ3) is 4.69. The van der Waals surface area contributed by atoms with Gasteiger partial charge in [-0.15, -0.1) is 0 Å². The number of carboxylic acids is 1. The van der Waals surface area contributed by atoms with E-state index in [4.69, 9.17) is 9.84 Å². The van der Waals surface area contributed by atoms with Crippen LogP contribution < -0.4 is 10.8 Å². The van der Waals surface area contributed by atoms with E-state index >= 15 is 0 Å². The molecule has 2 aromatic carbocycles. The minimum absolute atomic E-state index is 0.00774. The number of rotatable bonds is 7. The topological polar surface area (TPSA) is 114 Å². The Kier molecular flexibility index (Phi) is 6.18. The molecule has 0 spiro atoms. The number of aliphatic carboxylic acids is 1. The molecular weight excluding hydrogens is 400 g/mol. The molecule has 0 heterocycles. The highest BCUT2D eigenvalue weighted by atomic mass is 16.7. The van der Waals surface area contributed by atoms with E-state index in [-0.39, 0.29) is 30.4 Å². The first-order chi connectivity index (χ1) is 15.0. The number of nitrogens with one attached hydrogen (secondary N) is 2. The highest BCUT2D eigenvalue weighted by Crippen LogP contribution is 2.44. The molecule has 2 aliphatic carbocycles. The Bertz CT molecular complexity index is 946. The number of hydrogen-bond donors (Lipinski definition) is 3. The van der Waals surface area contributed by atoms with Crippen molar-refractivity contribution in [3.63, 3.8) is 0 Å². The van der Waals surface area contributed by atoms with E-state index in [2.05, 4.69) is 39.9 Å². The fraction of sp³-hybridized carbons (Fsp3) is 0.348. The van der Waals surface area contributed by atoms with Crippen molar-refractivity contribution in [1.82, 2.24) is 10.8 Å². The van der Waals surface area contributed by atoms with Gasteiger partial charge in [0.2, 0.25) is 5.91 Å². The van der Waals surface area contributed by atoms with Crippen LogP contribution in [0.15, 0.2) is 48.5 Å². The first-order valence-corrected chi connectivity index (χ1v) is 10.3. The van der Waals surface area contributed by atoms with Crippen LogP contribution in [0, 0.1) is 5.92 Å². The Morgan fingerprint density at radius 3 is 2.26 bits per heavy atom. The molecule has 8 heteroatoms. The van der Waals surface area contributed by atoms with E-state index in [9.17, 15) is 14.4 Å². The molecule has 2 amide bonds. The molecule has 0 aromatic heterocycles. The Labute approximate surface area is 179 Å². The van der Waals surface area contributed by atoms with E-state index in [1.807, 2.05) is 24.3 Å². The second-order valence-corrected chi connectivity index (χ2v) is 7.83. The quantitative estimate of drug-likeness (QED) is 0.589. The predicted molar refractivity (Wildman–Crippen MR) is 111 cm³/mol. The second-order valence-electron chi connectivity index (χ2n) is 7.83. The summed E-state index contributed by atoms with van der Waals surface area (Å²) in [5.74, 6) is -1.89. The van der Waals surface area contributed by atoms with Crippen LogP contribution in [0.4, 0.5) is 4.79 Å². The van der Waals surface area contributed by atoms with Gasteiger partial charge in [0.15, 0.2) is 6.61 Å². The van der Waals surface area contributed by atoms with Crippen LogP contribution in [0.25, 0.3) is 11.1 Å². The van der Waals surface area contributed by atoms with E-state index in [0.29, 0.717) is 19.3 Å². The minimum Gasteiger partial charge on any atom is -0.479 e. The summed E-state index contributed by atoms with van der Waals surface area (Å²) >= 11 is 0. The molecule has 1 fully saturated rings. The van der Waals surface area contributed by atoms with Gasteiger partial charge in [-0.2, -0.15) is 0 Å². The summed E-state index contributed by atoms with van der Waals surface area (Å²) in [6.07, 6.45) is 1.17. The molecule has 3 N–H and O–H groups in total. The van der Waals surface area contributed by atoms with Crippen molar-refractivity contribution in [3.8, 4) is 11.1 Å². The Hall–Kier alpha value is -3.39. The number of ether oxygens (including phenoxy) is 1. The average molecular weight is 424 g/mol. The van der Waals surface area contributed by atoms with Gasteiger partial charge in [0.05, 0.1) is 0 Å². The number of carbonyl (C=O) groups excluding carboxylic acids is 2. The summed E-state index contributed by atoms with van der Waals surface area (Å²) in [6, 6.07) is 16.1. The number of fused-ring (bicyclic) bond motifs is 3. The number of benzene rings is 2. The molecule has 0 aliphatic heterocycles. The normalized spacial score (nSPS) is 19.4. The maximum atomic E-state index is 12.4. The lowest BCUT2D eigenvalue weighted by Gasteiger charge is -2.17. The maximum absolute atomic E-state index is 12.4. The monoisotopic (exact) mass is 424 g/mol. The standard InChI is InChI=1S/C23H24N2O6/c26-21(27)13-31-25-22(28)14-9-10-15(11-14)24-23(29)30-12-20-18-7-3-1-5-16(18)17-6-2-4-8-19(17)20/h1-8,14-15,20H,9-13H2,(H,24,29)(H,25,28)(H,26,27)/t14-,15+/m0/s1. The van der Waals surface area contributed by atoms with Gasteiger partial charge in [0, 0.05) is 17.9 Å². The lowest BCUT2D eigenvalue weighted by Crippen LogP contribution is -2.36. The van der Waals surface area contributed by atoms with E-state index < -0.39 is 18.7 Å². The van der Waals surface area contributed by atoms with Gasteiger partial charge in [0.25, 0.3) is 0 Å². The number of hydrogen-bond acceptors (Lipinski definition) is 5. The zero-order valence-corrected chi connectivity index (χ0v) is 16.9. The zero-order chi connectivity index (χ0) is 21.8. The molecule has 1 saturated carbocycles. The molecule has 0 bridgehead atoms. The molecule has 162 valence electrons. The smallest absolute Gasteiger partial charge is 0.407 e. The van der Waals surface area contributed by atoms with Crippen molar-refractivity contribution in [2.45, 2.75) is 31.2 Å². The summed E-state index contributed by atoms with van der Waals surface area (Å²) < 4.78 is 5.55. The van der Waals surface area contributed by atoms with Crippen LogP contribution in [0.5, 0.6) is 0 Å². The molecule has 0 unspecified atom stereocenters. The van der Waals surface area contributed by atoms with Crippen molar-refractivity contribution in [2.24, 2.45) is 5.92 Å². The second kappa shape index (κ2) is 9.18. The molecule has 2 aliphatic rings. The number of alkyl carbamates (subject to hydrolysis) is 1. The molecular formula is C23H24N2O6. The van der Waals surface area contributed by atoms with Gasteiger partial charge in [0.1, 0.15) is 6.61 Å². The predicted octanol–water partition coefficient (Wildman–Crippen LogP) is 2.83. The molecule has 8 nitrogen and oxygen atoms in total. The van der Waals surface area contributed by atoms with Crippen LogP contribution in [-0.2, 0) is 19.2 Å². The van der Waals surface area contributed by atoms with Gasteiger partial charge in [-0.25, -0.2) is 15.1 Å². The third-order valence-corrected chi connectivity index (χ3v) is 5.84. The number of hydroxylamine groups is 1. The highest BCUT2D eigenvalue weighted by Gasteiger charge is 2.32. The summed E-state index contributed by atoms with van der Waals surface area (Å²) in [5.41, 5.74) is 6.78. The molecule has 2 aromatic rings. The van der Waals surface area contributed by atoms with Crippen molar-refractivity contribution in [2.75, 3.05) is 13.2 Å². The van der Waals surface area contributed by atoms with Gasteiger partial charge >= 0.3 is 12.1 Å². The summed E-state index contributed by atoms with van der Waals surface area (Å²) in [4.78, 5) is 39.5. The van der Waals surface area contributed by atoms with E-state index in [1.54, 1.807) is 0 Å². The third-order valence-electron chi connectivity index (χ3n) is 5.84. The van der Waals surface area contributed by atoms with Crippen LogP contribution in [0.3, 0.4) is 0 Å². The Balaban J connectivity index is 1.28. The highest BCUT2D eigenvalue weighted by molar-refractivity contribution is 5.79. The largest absolute Gasteiger partial charge is 0.479 e. The van der Waals surface area contributed by atoms with Crippen molar-refractivity contribution < 1.29 is 29.1 Å². The molecule has 0 saturated heterocycles. The summed E-state index contributed by atoms with van der Waals surface area (Å²) in [6.45, 7) is -0.362. The van der Waals surface area contributed by atoms with Crippen molar-refractivity contribution in [3.05, 3.63) is 59.7 Å². The molecule has 4 rings (SSSR count). The number of carboxylic acid groups (broad SMARTS) is 1. The number of amides is 2. The average Bonchev–Trinajstić information content (AvgIpc) is 3.35. The van der Waals surface area contributed by atoms with Crippen LogP contribution in [0.1, 0.15) is 36.3 Å². The summed E-state index contributed by atoms with van der Waals surface area (Å²) in [5, 5.41) is 11.4. The van der Waals surface area contributed by atoms with Crippen molar-refractivity contribution in [1.29, 1.82) is 0 Å². The van der Waals surface area contributed by atoms with E-state index in [0.717, 1.165) is 11.1 Å². The maximum Gasteiger partial charge on any atom is 0.407 e. The van der Waals surface area contributed by atoms with Crippen LogP contribution in [-0.4, -0.2) is 42.3 Å². The first-order valence-electron chi connectivity index (χ1n) is 10.3. The van der Waals surface area contributed by atoms with Gasteiger partial charge in [-0.3, -0.25) is 9.63 Å². The SMILES string of the molecule is O=C(O)CONC(=O)[C@H]1CC[C@@H](NC(=O)OCC2c3ccccc3-c3ccccc32)C1. The molecule has 31 heavy (non-hydrogen) atoms. The van der Waals surface area contributed by atoms with Crippen LogP contribution in [0.2, 0.25) is 0 Å². The summed E-state index contributed by atoms with van der Waals surface area (Å²) in [7, 11) is 0. The lowest BCUT2D eigenvalue weighted by molar-refractivity contribution is -0.150. The van der Waals surface area contributed by atoms with Gasteiger partial charge < -0.3 is 15.2 Å².